The van der Waals surface area contributed by atoms with Crippen molar-refractivity contribution >= 4 is 22.1 Å². The van der Waals surface area contributed by atoms with Crippen molar-refractivity contribution in [3.8, 4) is 11.1 Å². The lowest BCUT2D eigenvalue weighted by molar-refractivity contribution is 0.412. The third-order valence-corrected chi connectivity index (χ3v) is 5.01. The SMILES string of the molecule is Cn1nnc2ccc(-c3c[nH]c4nc(C5CCC5)ccc34)cc21. The number of aromatic nitrogens is 5. The van der Waals surface area contributed by atoms with E-state index in [1.807, 2.05) is 19.3 Å². The van der Waals surface area contributed by atoms with Crippen molar-refractivity contribution in [1.82, 2.24) is 25.0 Å². The second kappa shape index (κ2) is 4.65. The molecule has 0 aliphatic heterocycles. The van der Waals surface area contributed by atoms with E-state index in [1.165, 1.54) is 35.9 Å². The predicted octanol–water partition coefficient (Wildman–Crippen LogP) is 3.78. The highest BCUT2D eigenvalue weighted by atomic mass is 15.4. The van der Waals surface area contributed by atoms with E-state index in [0.29, 0.717) is 5.92 Å². The van der Waals surface area contributed by atoms with Gasteiger partial charge in [-0.3, -0.25) is 0 Å². The van der Waals surface area contributed by atoms with Crippen molar-refractivity contribution in [3.05, 3.63) is 42.2 Å². The number of hydrogen-bond donors (Lipinski definition) is 1. The second-order valence-electron chi connectivity index (χ2n) is 6.38. The van der Waals surface area contributed by atoms with Crippen molar-refractivity contribution in [3.63, 3.8) is 0 Å². The van der Waals surface area contributed by atoms with Crippen LogP contribution in [0, 0.1) is 0 Å². The zero-order valence-electron chi connectivity index (χ0n) is 13.0. The van der Waals surface area contributed by atoms with Crippen molar-refractivity contribution in [2.24, 2.45) is 7.05 Å². The van der Waals surface area contributed by atoms with Crippen molar-refractivity contribution in [2.45, 2.75) is 25.2 Å². The van der Waals surface area contributed by atoms with Crippen LogP contribution >= 0.6 is 0 Å². The van der Waals surface area contributed by atoms with Gasteiger partial charge in [0, 0.05) is 35.8 Å². The summed E-state index contributed by atoms with van der Waals surface area (Å²) in [6.45, 7) is 0. The molecule has 23 heavy (non-hydrogen) atoms. The van der Waals surface area contributed by atoms with E-state index in [0.717, 1.165) is 22.2 Å². The summed E-state index contributed by atoms with van der Waals surface area (Å²) >= 11 is 0. The van der Waals surface area contributed by atoms with E-state index in [1.54, 1.807) is 4.68 Å². The first kappa shape index (κ1) is 12.8. The number of fused-ring (bicyclic) bond motifs is 2. The molecule has 1 saturated carbocycles. The summed E-state index contributed by atoms with van der Waals surface area (Å²) in [5.74, 6) is 0.656. The van der Waals surface area contributed by atoms with Gasteiger partial charge in [0.05, 0.1) is 5.52 Å². The van der Waals surface area contributed by atoms with Crippen LogP contribution in [0.1, 0.15) is 30.9 Å². The summed E-state index contributed by atoms with van der Waals surface area (Å²) in [6.07, 6.45) is 5.93. The smallest absolute Gasteiger partial charge is 0.138 e. The quantitative estimate of drug-likeness (QED) is 0.613. The van der Waals surface area contributed by atoms with Crippen LogP contribution in [0.5, 0.6) is 0 Å². The highest BCUT2D eigenvalue weighted by Crippen LogP contribution is 2.37. The zero-order valence-corrected chi connectivity index (χ0v) is 13.0. The third-order valence-electron chi connectivity index (χ3n) is 5.01. The van der Waals surface area contributed by atoms with Gasteiger partial charge in [-0.05, 0) is 42.7 Å². The molecule has 5 heteroatoms. The second-order valence-corrected chi connectivity index (χ2v) is 6.38. The van der Waals surface area contributed by atoms with Gasteiger partial charge >= 0.3 is 0 Å². The number of aryl methyl sites for hydroxylation is 1. The lowest BCUT2D eigenvalue weighted by Crippen LogP contribution is -2.10. The van der Waals surface area contributed by atoms with Crippen molar-refractivity contribution in [2.75, 3.05) is 0 Å². The maximum Gasteiger partial charge on any atom is 0.138 e. The maximum atomic E-state index is 4.83. The van der Waals surface area contributed by atoms with Crippen LogP contribution in [0.15, 0.2) is 36.5 Å². The number of hydrogen-bond acceptors (Lipinski definition) is 3. The van der Waals surface area contributed by atoms with Gasteiger partial charge in [-0.25, -0.2) is 9.67 Å². The molecule has 1 aromatic carbocycles. The Balaban J connectivity index is 1.64. The minimum atomic E-state index is 0.656. The van der Waals surface area contributed by atoms with Crippen LogP contribution in [0.3, 0.4) is 0 Å². The molecule has 0 spiro atoms. The van der Waals surface area contributed by atoms with Gasteiger partial charge in [-0.15, -0.1) is 5.10 Å². The van der Waals surface area contributed by atoms with E-state index >= 15 is 0 Å². The van der Waals surface area contributed by atoms with E-state index in [4.69, 9.17) is 4.98 Å². The average molecular weight is 303 g/mol. The fourth-order valence-electron chi connectivity index (χ4n) is 3.39. The molecule has 0 bridgehead atoms. The molecule has 4 aromatic rings. The lowest BCUT2D eigenvalue weighted by Gasteiger charge is -2.24. The molecule has 0 unspecified atom stereocenters. The Kier molecular flexibility index (Phi) is 2.59. The summed E-state index contributed by atoms with van der Waals surface area (Å²) in [4.78, 5) is 8.17. The van der Waals surface area contributed by atoms with Crippen LogP contribution in [0.2, 0.25) is 0 Å². The summed E-state index contributed by atoms with van der Waals surface area (Å²) in [7, 11) is 1.92. The molecule has 1 N–H and O–H groups in total. The molecule has 1 fully saturated rings. The first-order valence-corrected chi connectivity index (χ1v) is 8.07. The molecule has 1 aliphatic rings. The van der Waals surface area contributed by atoms with Crippen LogP contribution in [-0.4, -0.2) is 25.0 Å². The molecule has 5 rings (SSSR count). The topological polar surface area (TPSA) is 59.4 Å². The number of benzene rings is 1. The normalized spacial score (nSPS) is 15.3. The maximum absolute atomic E-state index is 4.83. The Bertz CT molecular complexity index is 1020. The van der Waals surface area contributed by atoms with E-state index in [-0.39, 0.29) is 0 Å². The van der Waals surface area contributed by atoms with Crippen LogP contribution in [0.4, 0.5) is 0 Å². The van der Waals surface area contributed by atoms with E-state index < -0.39 is 0 Å². The molecular weight excluding hydrogens is 286 g/mol. The zero-order chi connectivity index (χ0) is 15.4. The van der Waals surface area contributed by atoms with Crippen LogP contribution < -0.4 is 0 Å². The van der Waals surface area contributed by atoms with E-state index in [2.05, 4.69) is 39.6 Å². The molecule has 0 atom stereocenters. The summed E-state index contributed by atoms with van der Waals surface area (Å²) in [5.41, 5.74) is 6.50. The largest absolute Gasteiger partial charge is 0.346 e. The van der Waals surface area contributed by atoms with Crippen LogP contribution in [0.25, 0.3) is 33.2 Å². The fraction of sp³-hybridized carbons (Fsp3) is 0.278. The fourth-order valence-corrected chi connectivity index (χ4v) is 3.39. The van der Waals surface area contributed by atoms with Gasteiger partial charge in [-0.1, -0.05) is 17.7 Å². The van der Waals surface area contributed by atoms with Gasteiger partial charge in [0.25, 0.3) is 0 Å². The molecule has 3 aromatic heterocycles. The number of H-pyrrole nitrogens is 1. The van der Waals surface area contributed by atoms with Gasteiger partial charge in [0.2, 0.25) is 0 Å². The summed E-state index contributed by atoms with van der Waals surface area (Å²) in [5, 5.41) is 9.39. The first-order chi connectivity index (χ1) is 11.3. The summed E-state index contributed by atoms with van der Waals surface area (Å²) in [6, 6.07) is 10.6. The minimum absolute atomic E-state index is 0.656. The average Bonchev–Trinajstić information content (AvgIpc) is 3.09. The number of nitrogens with one attached hydrogen (secondary N) is 1. The molecule has 0 saturated heterocycles. The van der Waals surface area contributed by atoms with E-state index in [9.17, 15) is 0 Å². The molecule has 1 aliphatic carbocycles. The minimum Gasteiger partial charge on any atom is -0.346 e. The van der Waals surface area contributed by atoms with Crippen LogP contribution in [-0.2, 0) is 7.05 Å². The van der Waals surface area contributed by atoms with Gasteiger partial charge < -0.3 is 4.98 Å². The molecule has 114 valence electrons. The highest BCUT2D eigenvalue weighted by Gasteiger charge is 2.21. The third kappa shape index (κ3) is 1.89. The Morgan fingerprint density at radius 1 is 1.17 bits per heavy atom. The Morgan fingerprint density at radius 3 is 2.91 bits per heavy atom. The monoisotopic (exact) mass is 303 g/mol. The molecule has 0 amide bonds. The molecule has 0 radical (unpaired) electrons. The summed E-state index contributed by atoms with van der Waals surface area (Å²) < 4.78 is 1.81. The van der Waals surface area contributed by atoms with Gasteiger partial charge in [0.1, 0.15) is 11.2 Å². The predicted molar refractivity (Wildman–Crippen MR) is 90.2 cm³/mol. The number of rotatable bonds is 2. The number of nitrogens with zero attached hydrogens (tertiary/aromatic N) is 4. The first-order valence-electron chi connectivity index (χ1n) is 8.07. The number of pyridine rings is 1. The highest BCUT2D eigenvalue weighted by molar-refractivity contribution is 5.95. The molecule has 3 heterocycles. The van der Waals surface area contributed by atoms with Gasteiger partial charge in [0.15, 0.2) is 0 Å². The Labute approximate surface area is 133 Å². The van der Waals surface area contributed by atoms with Crippen molar-refractivity contribution < 1.29 is 0 Å². The number of aromatic amines is 1. The lowest BCUT2D eigenvalue weighted by atomic mass is 9.82. The molecular formula is C18H17N5. The van der Waals surface area contributed by atoms with Gasteiger partial charge in [-0.2, -0.15) is 0 Å². The Hall–Kier alpha value is -2.69. The standard InChI is InChI=1S/C18H17N5/c1-23-17-9-12(5-7-16(17)21-22-23)14-10-19-18-13(14)6-8-15(20-18)11-3-2-4-11/h5-11H,2-4H2,1H3,(H,19,20). The van der Waals surface area contributed by atoms with Crippen molar-refractivity contribution in [1.29, 1.82) is 0 Å². The molecule has 5 nitrogen and oxygen atoms in total. The Morgan fingerprint density at radius 2 is 2.09 bits per heavy atom.